The number of aliphatic hydroxyl groups excluding tert-OH is 1. The predicted octanol–water partition coefficient (Wildman–Crippen LogP) is -0.106. The molecule has 1 rings (SSSR count). The van der Waals surface area contributed by atoms with Crippen LogP contribution in [-0.2, 0) is 21.4 Å². The minimum Gasteiger partial charge on any atom is -0.480 e. The third kappa shape index (κ3) is 3.80. The molecule has 0 saturated carbocycles. The van der Waals surface area contributed by atoms with E-state index in [0.29, 0.717) is 5.56 Å². The van der Waals surface area contributed by atoms with Crippen LogP contribution in [0.15, 0.2) is 30.3 Å². The van der Waals surface area contributed by atoms with E-state index < -0.39 is 28.6 Å². The van der Waals surface area contributed by atoms with E-state index in [1.165, 1.54) is 0 Å². The number of nitrogens with zero attached hydrogens (tertiary/aromatic N) is 1. The highest BCUT2D eigenvalue weighted by Crippen LogP contribution is 2.12. The summed E-state index contributed by atoms with van der Waals surface area (Å²) in [7, 11) is -3.73. The lowest BCUT2D eigenvalue weighted by Crippen LogP contribution is -2.46. The van der Waals surface area contributed by atoms with Crippen LogP contribution in [0.1, 0.15) is 5.56 Å². The Hall–Kier alpha value is -1.44. The second-order valence-electron chi connectivity index (χ2n) is 3.83. The van der Waals surface area contributed by atoms with Crippen LogP contribution in [0.2, 0.25) is 0 Å². The quantitative estimate of drug-likeness (QED) is 0.754. The first-order valence-corrected chi connectivity index (χ1v) is 7.05. The van der Waals surface area contributed by atoms with E-state index in [1.807, 2.05) is 0 Å². The van der Waals surface area contributed by atoms with Crippen LogP contribution in [0, 0.1) is 0 Å². The molecule has 0 amide bonds. The lowest BCUT2D eigenvalue weighted by Gasteiger charge is -2.25. The topological polar surface area (TPSA) is 94.9 Å². The van der Waals surface area contributed by atoms with E-state index >= 15 is 0 Å². The van der Waals surface area contributed by atoms with Crippen LogP contribution in [0.5, 0.6) is 0 Å². The van der Waals surface area contributed by atoms with E-state index in [0.717, 1.165) is 10.6 Å². The van der Waals surface area contributed by atoms with Crippen LogP contribution in [0.4, 0.5) is 0 Å². The summed E-state index contributed by atoms with van der Waals surface area (Å²) in [6.07, 6.45) is 0.918. The van der Waals surface area contributed by atoms with Gasteiger partial charge in [-0.2, -0.15) is 4.31 Å². The van der Waals surface area contributed by atoms with E-state index in [9.17, 15) is 13.2 Å². The van der Waals surface area contributed by atoms with E-state index in [2.05, 4.69) is 0 Å². The average Bonchev–Trinajstić information content (AvgIpc) is 2.28. The summed E-state index contributed by atoms with van der Waals surface area (Å²) in [6, 6.07) is 7.13. The normalized spacial score (nSPS) is 13.5. The molecule has 7 heteroatoms. The summed E-state index contributed by atoms with van der Waals surface area (Å²) in [5.74, 6) is -1.38. The predicted molar refractivity (Wildman–Crippen MR) is 65.3 cm³/mol. The molecular formula is C11H15NO5S. The van der Waals surface area contributed by atoms with Gasteiger partial charge in [-0.05, 0) is 5.56 Å². The molecule has 0 bridgehead atoms. The van der Waals surface area contributed by atoms with Gasteiger partial charge >= 0.3 is 5.97 Å². The SMILES string of the molecule is CS(=O)(=O)N(Cc1ccccc1)[C@@H](CO)C(=O)O. The van der Waals surface area contributed by atoms with Gasteiger partial charge in [-0.25, -0.2) is 8.42 Å². The fraction of sp³-hybridized carbons (Fsp3) is 0.364. The molecule has 0 aliphatic rings. The third-order valence-electron chi connectivity index (χ3n) is 2.41. The van der Waals surface area contributed by atoms with Gasteiger partial charge in [0.1, 0.15) is 6.04 Å². The van der Waals surface area contributed by atoms with Crippen LogP contribution in [0.25, 0.3) is 0 Å². The van der Waals surface area contributed by atoms with E-state index in [-0.39, 0.29) is 6.54 Å². The molecule has 1 aromatic rings. The van der Waals surface area contributed by atoms with Crippen LogP contribution in [0.3, 0.4) is 0 Å². The van der Waals surface area contributed by atoms with Gasteiger partial charge in [-0.15, -0.1) is 0 Å². The van der Waals surface area contributed by atoms with Crippen molar-refractivity contribution in [1.82, 2.24) is 4.31 Å². The molecule has 0 aromatic heterocycles. The molecule has 0 heterocycles. The van der Waals surface area contributed by atoms with Crippen molar-refractivity contribution in [2.24, 2.45) is 0 Å². The molecule has 2 N–H and O–H groups in total. The molecule has 1 atom stereocenters. The molecule has 0 spiro atoms. The summed E-state index contributed by atoms with van der Waals surface area (Å²) < 4.78 is 24.0. The standard InChI is InChI=1S/C11H15NO5S/c1-18(16,17)12(10(8-13)11(14)15)7-9-5-3-2-4-6-9/h2-6,10,13H,7-8H2,1H3,(H,14,15)/t10-/m0/s1. The Labute approximate surface area is 106 Å². The maximum atomic E-state index is 11.6. The summed E-state index contributed by atoms with van der Waals surface area (Å²) in [5, 5.41) is 17.9. The maximum Gasteiger partial charge on any atom is 0.324 e. The highest BCUT2D eigenvalue weighted by Gasteiger charge is 2.31. The molecule has 0 radical (unpaired) electrons. The molecule has 0 aliphatic carbocycles. The Balaban J connectivity index is 3.04. The molecule has 6 nitrogen and oxygen atoms in total. The monoisotopic (exact) mass is 273 g/mol. The Morgan fingerprint density at radius 1 is 1.33 bits per heavy atom. The smallest absolute Gasteiger partial charge is 0.324 e. The summed E-state index contributed by atoms with van der Waals surface area (Å²) in [4.78, 5) is 10.9. The summed E-state index contributed by atoms with van der Waals surface area (Å²) in [5.41, 5.74) is 0.655. The number of sulfonamides is 1. The zero-order valence-corrected chi connectivity index (χ0v) is 10.7. The third-order valence-corrected chi connectivity index (χ3v) is 3.65. The Morgan fingerprint density at radius 2 is 1.89 bits per heavy atom. The minimum atomic E-state index is -3.73. The number of aliphatic carboxylic acids is 1. The number of carboxylic acid groups (broad SMARTS) is 1. The van der Waals surface area contributed by atoms with Gasteiger partial charge < -0.3 is 10.2 Å². The van der Waals surface area contributed by atoms with Gasteiger partial charge in [-0.3, -0.25) is 4.79 Å². The number of carbonyl (C=O) groups is 1. The fourth-order valence-electron chi connectivity index (χ4n) is 1.51. The van der Waals surface area contributed by atoms with Gasteiger partial charge in [0, 0.05) is 6.54 Å². The van der Waals surface area contributed by atoms with Gasteiger partial charge in [0.25, 0.3) is 0 Å². The molecule has 0 saturated heterocycles. The molecule has 18 heavy (non-hydrogen) atoms. The highest BCUT2D eigenvalue weighted by atomic mass is 32.2. The van der Waals surface area contributed by atoms with Crippen molar-refractivity contribution < 1.29 is 23.4 Å². The second-order valence-corrected chi connectivity index (χ2v) is 5.77. The zero-order chi connectivity index (χ0) is 13.8. The largest absolute Gasteiger partial charge is 0.480 e. The number of rotatable bonds is 6. The van der Waals surface area contributed by atoms with Crippen molar-refractivity contribution in [3.8, 4) is 0 Å². The first-order valence-electron chi connectivity index (χ1n) is 5.20. The molecule has 0 fully saturated rings. The maximum absolute atomic E-state index is 11.6. The number of benzene rings is 1. The Morgan fingerprint density at radius 3 is 2.28 bits per heavy atom. The number of hydrogen-bond acceptors (Lipinski definition) is 4. The number of hydrogen-bond donors (Lipinski definition) is 2. The van der Waals surface area contributed by atoms with Crippen molar-refractivity contribution in [1.29, 1.82) is 0 Å². The van der Waals surface area contributed by atoms with Crippen molar-refractivity contribution in [3.63, 3.8) is 0 Å². The van der Waals surface area contributed by atoms with E-state index in [4.69, 9.17) is 10.2 Å². The number of carboxylic acids is 1. The number of aliphatic hydroxyl groups is 1. The van der Waals surface area contributed by atoms with Crippen molar-refractivity contribution in [2.45, 2.75) is 12.6 Å². The Bertz CT molecular complexity index is 499. The van der Waals surface area contributed by atoms with Crippen LogP contribution in [-0.4, -0.2) is 47.8 Å². The van der Waals surface area contributed by atoms with Gasteiger partial charge in [0.2, 0.25) is 10.0 Å². The Kier molecular flexibility index (Phi) is 4.83. The molecular weight excluding hydrogens is 258 g/mol. The zero-order valence-electron chi connectivity index (χ0n) is 9.85. The van der Waals surface area contributed by atoms with E-state index in [1.54, 1.807) is 30.3 Å². The van der Waals surface area contributed by atoms with Crippen LogP contribution >= 0.6 is 0 Å². The molecule has 0 unspecified atom stereocenters. The van der Waals surface area contributed by atoms with Crippen LogP contribution < -0.4 is 0 Å². The first-order chi connectivity index (χ1) is 8.36. The summed E-state index contributed by atoms with van der Waals surface area (Å²) in [6.45, 7) is -0.855. The van der Waals surface area contributed by atoms with Crippen molar-refractivity contribution in [2.75, 3.05) is 12.9 Å². The van der Waals surface area contributed by atoms with Gasteiger partial charge in [0.05, 0.1) is 12.9 Å². The molecule has 100 valence electrons. The first kappa shape index (κ1) is 14.6. The lowest BCUT2D eigenvalue weighted by molar-refractivity contribution is -0.142. The second kappa shape index (κ2) is 5.94. The fourth-order valence-corrected chi connectivity index (χ4v) is 2.52. The molecule has 0 aliphatic heterocycles. The highest BCUT2D eigenvalue weighted by molar-refractivity contribution is 7.88. The van der Waals surface area contributed by atoms with Crippen molar-refractivity contribution in [3.05, 3.63) is 35.9 Å². The minimum absolute atomic E-state index is 0.0861. The van der Waals surface area contributed by atoms with Gasteiger partial charge in [0.15, 0.2) is 0 Å². The van der Waals surface area contributed by atoms with Gasteiger partial charge in [-0.1, -0.05) is 30.3 Å². The van der Waals surface area contributed by atoms with Crippen molar-refractivity contribution >= 4 is 16.0 Å². The summed E-state index contributed by atoms with van der Waals surface area (Å²) >= 11 is 0. The lowest BCUT2D eigenvalue weighted by atomic mass is 10.2. The molecule has 1 aromatic carbocycles. The average molecular weight is 273 g/mol.